The number of carbonyl (C=O) groups excluding carboxylic acids is 1. The molecule has 1 heterocycles. The molecule has 1 atom stereocenters. The minimum atomic E-state index is -3.29. The number of aliphatic carboxylic acids is 1. The first-order chi connectivity index (χ1) is 9.69. The van der Waals surface area contributed by atoms with Gasteiger partial charge in [0.15, 0.2) is 0 Å². The number of hydrogen-bond acceptors (Lipinski definition) is 5. The van der Waals surface area contributed by atoms with Gasteiger partial charge in [0.05, 0.1) is 24.8 Å². The lowest BCUT2D eigenvalue weighted by Gasteiger charge is -2.20. The molecule has 0 saturated heterocycles. The molecule has 2 N–H and O–H groups in total. The standard InChI is InChI=1S/C12H18N2O6S/c1-14(7-9-3-5-20-8-9)12(17)13-10(11(15)16)4-6-21(2,18)19/h3,5,8,10H,4,6-7H2,1-2H3,(H,13,17)(H,15,16). The van der Waals surface area contributed by atoms with Crippen LogP contribution in [0, 0.1) is 0 Å². The van der Waals surface area contributed by atoms with E-state index >= 15 is 0 Å². The molecule has 0 aliphatic heterocycles. The molecule has 0 aromatic carbocycles. The minimum absolute atomic E-state index is 0.181. The highest BCUT2D eigenvalue weighted by molar-refractivity contribution is 7.90. The van der Waals surface area contributed by atoms with Crippen molar-refractivity contribution in [2.45, 2.75) is 19.0 Å². The average Bonchev–Trinajstić information content (AvgIpc) is 2.85. The number of carboxylic acid groups (broad SMARTS) is 1. The number of hydrogen-bond donors (Lipinski definition) is 2. The molecular weight excluding hydrogens is 300 g/mol. The zero-order valence-electron chi connectivity index (χ0n) is 11.8. The van der Waals surface area contributed by atoms with E-state index in [1.807, 2.05) is 0 Å². The van der Waals surface area contributed by atoms with Crippen LogP contribution in [-0.2, 0) is 21.2 Å². The molecule has 0 aliphatic rings. The third kappa shape index (κ3) is 6.30. The van der Waals surface area contributed by atoms with Crippen LogP contribution in [0.5, 0.6) is 0 Å². The monoisotopic (exact) mass is 318 g/mol. The molecule has 1 aromatic rings. The van der Waals surface area contributed by atoms with Crippen LogP contribution in [0.4, 0.5) is 4.79 Å². The third-order valence-electron chi connectivity index (χ3n) is 2.72. The lowest BCUT2D eigenvalue weighted by atomic mass is 10.2. The van der Waals surface area contributed by atoms with Crippen molar-refractivity contribution in [3.05, 3.63) is 24.2 Å². The van der Waals surface area contributed by atoms with Crippen LogP contribution < -0.4 is 5.32 Å². The van der Waals surface area contributed by atoms with Crippen LogP contribution in [0.3, 0.4) is 0 Å². The quantitative estimate of drug-likeness (QED) is 0.747. The first-order valence-electron chi connectivity index (χ1n) is 6.12. The number of nitrogens with one attached hydrogen (secondary N) is 1. The van der Waals surface area contributed by atoms with Crippen LogP contribution in [0.1, 0.15) is 12.0 Å². The molecule has 118 valence electrons. The Labute approximate surface area is 122 Å². The van der Waals surface area contributed by atoms with Gasteiger partial charge in [-0.25, -0.2) is 18.0 Å². The van der Waals surface area contributed by atoms with Crippen LogP contribution in [0.25, 0.3) is 0 Å². The summed E-state index contributed by atoms with van der Waals surface area (Å²) in [6.45, 7) is 0.251. The second-order valence-electron chi connectivity index (χ2n) is 4.75. The Morgan fingerprint density at radius 3 is 2.62 bits per heavy atom. The highest BCUT2D eigenvalue weighted by Crippen LogP contribution is 2.05. The van der Waals surface area contributed by atoms with Gasteiger partial charge in [-0.05, 0) is 12.5 Å². The molecule has 1 rings (SSSR count). The molecular formula is C12H18N2O6S. The number of nitrogens with zero attached hydrogens (tertiary/aromatic N) is 1. The van der Waals surface area contributed by atoms with Gasteiger partial charge in [0.25, 0.3) is 0 Å². The van der Waals surface area contributed by atoms with Gasteiger partial charge in [-0.2, -0.15) is 0 Å². The van der Waals surface area contributed by atoms with Crippen molar-refractivity contribution in [1.82, 2.24) is 10.2 Å². The Kier molecular flexibility index (Phi) is 5.77. The van der Waals surface area contributed by atoms with Crippen LogP contribution in [0.15, 0.2) is 23.0 Å². The lowest BCUT2D eigenvalue weighted by Crippen LogP contribution is -2.47. The molecule has 1 unspecified atom stereocenters. The molecule has 0 spiro atoms. The van der Waals surface area contributed by atoms with Crippen LogP contribution in [-0.4, -0.2) is 55.5 Å². The van der Waals surface area contributed by atoms with Gasteiger partial charge in [0, 0.05) is 18.9 Å². The smallest absolute Gasteiger partial charge is 0.326 e. The Hall–Kier alpha value is -2.03. The van der Waals surface area contributed by atoms with E-state index in [-0.39, 0.29) is 18.7 Å². The molecule has 9 heteroatoms. The van der Waals surface area contributed by atoms with Crippen LogP contribution in [0.2, 0.25) is 0 Å². The average molecular weight is 318 g/mol. The van der Waals surface area contributed by atoms with Crippen molar-refractivity contribution in [3.8, 4) is 0 Å². The molecule has 8 nitrogen and oxygen atoms in total. The maximum Gasteiger partial charge on any atom is 0.326 e. The lowest BCUT2D eigenvalue weighted by molar-refractivity contribution is -0.139. The van der Waals surface area contributed by atoms with Crippen molar-refractivity contribution in [2.75, 3.05) is 19.1 Å². The summed E-state index contributed by atoms with van der Waals surface area (Å²) in [5, 5.41) is 11.3. The number of carbonyl (C=O) groups is 2. The molecule has 0 fully saturated rings. The number of urea groups is 1. The van der Waals surface area contributed by atoms with E-state index in [1.54, 1.807) is 6.07 Å². The SMILES string of the molecule is CN(Cc1ccoc1)C(=O)NC(CCS(C)(=O)=O)C(=O)O. The first kappa shape index (κ1) is 17.0. The minimum Gasteiger partial charge on any atom is -0.480 e. The van der Waals surface area contributed by atoms with E-state index < -0.39 is 27.9 Å². The largest absolute Gasteiger partial charge is 0.480 e. The summed E-state index contributed by atoms with van der Waals surface area (Å²) < 4.78 is 27.0. The summed E-state index contributed by atoms with van der Waals surface area (Å²) in [6, 6.07) is -0.168. The van der Waals surface area contributed by atoms with Crippen molar-refractivity contribution >= 4 is 21.8 Å². The van der Waals surface area contributed by atoms with Crippen molar-refractivity contribution < 1.29 is 27.5 Å². The maximum atomic E-state index is 11.9. The van der Waals surface area contributed by atoms with Crippen molar-refractivity contribution in [2.24, 2.45) is 0 Å². The number of rotatable bonds is 7. The fraction of sp³-hybridized carbons (Fsp3) is 0.500. The van der Waals surface area contributed by atoms with E-state index in [9.17, 15) is 18.0 Å². The predicted octanol–water partition coefficient (Wildman–Crippen LogP) is 0.309. The highest BCUT2D eigenvalue weighted by Gasteiger charge is 2.23. The van der Waals surface area contributed by atoms with Gasteiger partial charge in [-0.3, -0.25) is 0 Å². The normalized spacial score (nSPS) is 12.7. The molecule has 0 saturated carbocycles. The van der Waals surface area contributed by atoms with Gasteiger partial charge >= 0.3 is 12.0 Å². The fourth-order valence-electron chi connectivity index (χ4n) is 1.58. The summed E-state index contributed by atoms with van der Waals surface area (Å²) >= 11 is 0. The Morgan fingerprint density at radius 2 is 2.14 bits per heavy atom. The summed E-state index contributed by atoms with van der Waals surface area (Å²) in [5.74, 6) is -1.58. The molecule has 21 heavy (non-hydrogen) atoms. The number of carboxylic acids is 1. The zero-order valence-corrected chi connectivity index (χ0v) is 12.6. The van der Waals surface area contributed by atoms with Crippen molar-refractivity contribution in [3.63, 3.8) is 0 Å². The topological polar surface area (TPSA) is 117 Å². The Bertz CT molecular complexity index is 581. The summed E-state index contributed by atoms with van der Waals surface area (Å²) in [4.78, 5) is 24.2. The van der Waals surface area contributed by atoms with Gasteiger partial charge < -0.3 is 19.7 Å². The van der Waals surface area contributed by atoms with E-state index in [0.29, 0.717) is 0 Å². The second-order valence-corrected chi connectivity index (χ2v) is 7.01. The van der Waals surface area contributed by atoms with E-state index in [2.05, 4.69) is 5.32 Å². The molecule has 0 bridgehead atoms. The van der Waals surface area contributed by atoms with Crippen molar-refractivity contribution in [1.29, 1.82) is 0 Å². The summed E-state index contributed by atoms with van der Waals surface area (Å²) in [6.07, 6.45) is 3.77. The number of furan rings is 1. The highest BCUT2D eigenvalue weighted by atomic mass is 32.2. The summed E-state index contributed by atoms with van der Waals surface area (Å²) in [7, 11) is -1.79. The van der Waals surface area contributed by atoms with E-state index in [1.165, 1.54) is 24.5 Å². The first-order valence-corrected chi connectivity index (χ1v) is 8.18. The van der Waals surface area contributed by atoms with Gasteiger partial charge in [-0.1, -0.05) is 0 Å². The van der Waals surface area contributed by atoms with E-state index in [4.69, 9.17) is 9.52 Å². The molecule has 0 radical (unpaired) electrons. The van der Waals surface area contributed by atoms with Gasteiger partial charge in [-0.15, -0.1) is 0 Å². The summed E-state index contributed by atoms with van der Waals surface area (Å²) in [5.41, 5.74) is 0.760. The number of sulfone groups is 1. The predicted molar refractivity (Wildman–Crippen MR) is 74.5 cm³/mol. The number of amides is 2. The second kappa shape index (κ2) is 7.11. The maximum absolute atomic E-state index is 11.9. The Morgan fingerprint density at radius 1 is 1.48 bits per heavy atom. The zero-order chi connectivity index (χ0) is 16.0. The van der Waals surface area contributed by atoms with E-state index in [0.717, 1.165) is 11.8 Å². The molecule has 0 aliphatic carbocycles. The Balaban J connectivity index is 2.57. The fourth-order valence-corrected chi connectivity index (χ4v) is 2.24. The molecule has 1 aromatic heterocycles. The third-order valence-corrected chi connectivity index (χ3v) is 3.70. The van der Waals surface area contributed by atoms with Gasteiger partial charge in [0.1, 0.15) is 15.9 Å². The van der Waals surface area contributed by atoms with Gasteiger partial charge in [0.2, 0.25) is 0 Å². The van der Waals surface area contributed by atoms with Crippen LogP contribution >= 0.6 is 0 Å². The molecule has 2 amide bonds.